The maximum Gasteiger partial charge on any atom is 0.326 e. The molecule has 2 N–H and O–H groups in total. The molecule has 1 aliphatic carbocycles. The van der Waals surface area contributed by atoms with Gasteiger partial charge in [-0.1, -0.05) is 6.92 Å². The van der Waals surface area contributed by atoms with E-state index < -0.39 is 24.0 Å². The fraction of sp³-hybridized carbons (Fsp3) is 0.750. The molecule has 1 aliphatic rings. The van der Waals surface area contributed by atoms with E-state index in [1.54, 1.807) is 13.8 Å². The van der Waals surface area contributed by atoms with E-state index in [0.29, 0.717) is 6.42 Å². The summed E-state index contributed by atoms with van der Waals surface area (Å²) in [7, 11) is 0. The van der Waals surface area contributed by atoms with Crippen LogP contribution in [0.5, 0.6) is 0 Å². The third-order valence-corrected chi connectivity index (χ3v) is 2.86. The van der Waals surface area contributed by atoms with Crippen molar-refractivity contribution in [3.05, 3.63) is 0 Å². The Bertz CT molecular complexity index is 354. The van der Waals surface area contributed by atoms with E-state index in [2.05, 4.69) is 5.32 Å². The van der Waals surface area contributed by atoms with Crippen LogP contribution in [0, 0.1) is 0 Å². The third kappa shape index (κ3) is 4.76. The van der Waals surface area contributed by atoms with Crippen LogP contribution in [0.4, 0.5) is 4.79 Å². The second-order valence-electron chi connectivity index (χ2n) is 4.41. The number of nitrogens with one attached hydrogen (secondary N) is 1. The first-order valence-corrected chi connectivity index (χ1v) is 6.45. The van der Waals surface area contributed by atoms with Crippen molar-refractivity contribution in [2.75, 3.05) is 13.2 Å². The largest absolute Gasteiger partial charge is 0.480 e. The summed E-state index contributed by atoms with van der Waals surface area (Å²) in [6.45, 7) is 3.48. The lowest BCUT2D eigenvalue weighted by atomic mass is 10.2. The fourth-order valence-corrected chi connectivity index (χ4v) is 1.67. The van der Waals surface area contributed by atoms with Gasteiger partial charge in [0.25, 0.3) is 0 Å². The minimum absolute atomic E-state index is 0.00991. The Labute approximate surface area is 111 Å². The molecule has 1 rings (SSSR count). The molecule has 2 amide bonds. The van der Waals surface area contributed by atoms with Crippen molar-refractivity contribution >= 4 is 18.0 Å². The van der Waals surface area contributed by atoms with E-state index in [4.69, 9.17) is 9.84 Å². The molecule has 0 aliphatic heterocycles. The zero-order chi connectivity index (χ0) is 14.4. The molecule has 108 valence electrons. The Morgan fingerprint density at radius 3 is 2.42 bits per heavy atom. The van der Waals surface area contributed by atoms with Gasteiger partial charge in [-0.3, -0.25) is 4.79 Å². The Hall–Kier alpha value is -1.79. The minimum atomic E-state index is -1.08. The first-order chi connectivity index (χ1) is 8.99. The lowest BCUT2D eigenvalue weighted by Gasteiger charge is -2.23. The van der Waals surface area contributed by atoms with Crippen LogP contribution in [0.2, 0.25) is 0 Å². The zero-order valence-electron chi connectivity index (χ0n) is 11.2. The molecule has 0 aromatic carbocycles. The van der Waals surface area contributed by atoms with E-state index in [0.717, 1.165) is 12.8 Å². The first kappa shape index (κ1) is 15.3. The van der Waals surface area contributed by atoms with Crippen LogP contribution in [0.15, 0.2) is 0 Å². The van der Waals surface area contributed by atoms with Crippen molar-refractivity contribution in [3.63, 3.8) is 0 Å². The Morgan fingerprint density at radius 2 is 2.00 bits per heavy atom. The Kier molecular flexibility index (Phi) is 5.59. The number of esters is 1. The summed E-state index contributed by atoms with van der Waals surface area (Å²) in [5, 5.41) is 11.3. The monoisotopic (exact) mass is 272 g/mol. The van der Waals surface area contributed by atoms with Crippen LogP contribution < -0.4 is 5.32 Å². The van der Waals surface area contributed by atoms with Gasteiger partial charge >= 0.3 is 18.0 Å². The quantitative estimate of drug-likeness (QED) is 0.661. The number of hydrogen-bond donors (Lipinski definition) is 2. The molecule has 1 atom stereocenters. The highest BCUT2D eigenvalue weighted by molar-refractivity contribution is 5.85. The molecule has 0 aromatic heterocycles. The van der Waals surface area contributed by atoms with Crippen LogP contribution in [-0.2, 0) is 14.3 Å². The van der Waals surface area contributed by atoms with Gasteiger partial charge in [-0.25, -0.2) is 9.59 Å². The molecule has 0 heterocycles. The molecule has 0 unspecified atom stereocenters. The fourth-order valence-electron chi connectivity index (χ4n) is 1.67. The van der Waals surface area contributed by atoms with E-state index in [-0.39, 0.29) is 19.2 Å². The summed E-state index contributed by atoms with van der Waals surface area (Å²) < 4.78 is 4.80. The highest BCUT2D eigenvalue weighted by Crippen LogP contribution is 2.26. The molecule has 0 radical (unpaired) electrons. The number of carboxylic acids is 1. The van der Waals surface area contributed by atoms with E-state index in [1.165, 1.54) is 4.90 Å². The van der Waals surface area contributed by atoms with Gasteiger partial charge in [0.05, 0.1) is 6.61 Å². The number of carbonyl (C=O) groups excluding carboxylic acids is 2. The maximum absolute atomic E-state index is 12.0. The van der Waals surface area contributed by atoms with Crippen molar-refractivity contribution < 1.29 is 24.2 Å². The molecule has 19 heavy (non-hydrogen) atoms. The summed E-state index contributed by atoms with van der Waals surface area (Å²) in [4.78, 5) is 35.6. The normalized spacial score (nSPS) is 15.5. The molecule has 1 saturated carbocycles. The summed E-state index contributed by atoms with van der Waals surface area (Å²) >= 11 is 0. The molecule has 1 fully saturated rings. The average molecular weight is 272 g/mol. The average Bonchev–Trinajstić information content (AvgIpc) is 3.16. The van der Waals surface area contributed by atoms with Gasteiger partial charge in [0, 0.05) is 6.04 Å². The standard InChI is InChI=1S/C12H20N2O5/c1-3-9(11(16)17)13-12(18)14(8-5-6-8)7-10(15)19-4-2/h8-9H,3-7H2,1-2H3,(H,13,18)(H,16,17)/t9-/m1/s1. The lowest BCUT2D eigenvalue weighted by molar-refractivity contribution is -0.143. The number of urea groups is 1. The molecular formula is C12H20N2O5. The topological polar surface area (TPSA) is 95.9 Å². The van der Waals surface area contributed by atoms with E-state index in [1.807, 2.05) is 0 Å². The summed E-state index contributed by atoms with van der Waals surface area (Å²) in [5.74, 6) is -1.56. The van der Waals surface area contributed by atoms with Crippen molar-refractivity contribution in [1.29, 1.82) is 0 Å². The van der Waals surface area contributed by atoms with Crippen LogP contribution in [0.25, 0.3) is 0 Å². The smallest absolute Gasteiger partial charge is 0.326 e. The van der Waals surface area contributed by atoms with Gasteiger partial charge in [-0.05, 0) is 26.2 Å². The zero-order valence-corrected chi connectivity index (χ0v) is 11.2. The third-order valence-electron chi connectivity index (χ3n) is 2.86. The first-order valence-electron chi connectivity index (χ1n) is 6.45. The predicted octanol–water partition coefficient (Wildman–Crippen LogP) is 0.587. The molecule has 7 heteroatoms. The second-order valence-corrected chi connectivity index (χ2v) is 4.41. The molecule has 0 aromatic rings. The number of aliphatic carboxylic acids is 1. The molecule has 0 bridgehead atoms. The molecule has 0 saturated heterocycles. The van der Waals surface area contributed by atoms with Crippen molar-refractivity contribution in [1.82, 2.24) is 10.2 Å². The van der Waals surface area contributed by atoms with Crippen LogP contribution in [-0.4, -0.2) is 53.2 Å². The molecular weight excluding hydrogens is 252 g/mol. The van der Waals surface area contributed by atoms with Crippen LogP contribution in [0.1, 0.15) is 33.1 Å². The highest BCUT2D eigenvalue weighted by atomic mass is 16.5. The number of rotatable bonds is 7. The van der Waals surface area contributed by atoms with Crippen molar-refractivity contribution in [3.8, 4) is 0 Å². The predicted molar refractivity (Wildman–Crippen MR) is 66.6 cm³/mol. The number of amides is 2. The summed E-state index contributed by atoms with van der Waals surface area (Å²) in [5.41, 5.74) is 0. The van der Waals surface area contributed by atoms with Crippen LogP contribution >= 0.6 is 0 Å². The number of nitrogens with zero attached hydrogens (tertiary/aromatic N) is 1. The SMILES string of the molecule is CCOC(=O)CN(C(=O)N[C@H](CC)C(=O)O)C1CC1. The number of carboxylic acid groups (broad SMARTS) is 1. The highest BCUT2D eigenvalue weighted by Gasteiger charge is 2.35. The van der Waals surface area contributed by atoms with Gasteiger partial charge in [-0.2, -0.15) is 0 Å². The summed E-state index contributed by atoms with van der Waals surface area (Å²) in [6, 6.07) is -1.45. The Balaban J connectivity index is 2.58. The second kappa shape index (κ2) is 6.96. The van der Waals surface area contributed by atoms with Crippen molar-refractivity contribution in [2.45, 2.75) is 45.2 Å². The van der Waals surface area contributed by atoms with Gasteiger partial charge in [0.15, 0.2) is 0 Å². The number of carbonyl (C=O) groups is 3. The van der Waals surface area contributed by atoms with Gasteiger partial charge in [0.2, 0.25) is 0 Å². The van der Waals surface area contributed by atoms with Gasteiger partial charge in [-0.15, -0.1) is 0 Å². The minimum Gasteiger partial charge on any atom is -0.480 e. The van der Waals surface area contributed by atoms with Gasteiger partial charge < -0.3 is 20.1 Å². The van der Waals surface area contributed by atoms with E-state index in [9.17, 15) is 14.4 Å². The Morgan fingerprint density at radius 1 is 1.37 bits per heavy atom. The molecule has 7 nitrogen and oxygen atoms in total. The van der Waals surface area contributed by atoms with E-state index >= 15 is 0 Å². The number of ether oxygens (including phenoxy) is 1. The van der Waals surface area contributed by atoms with Gasteiger partial charge in [0.1, 0.15) is 12.6 Å². The lowest BCUT2D eigenvalue weighted by Crippen LogP contribution is -2.50. The molecule has 0 spiro atoms. The number of hydrogen-bond acceptors (Lipinski definition) is 4. The summed E-state index contributed by atoms with van der Waals surface area (Å²) in [6.07, 6.45) is 1.95. The van der Waals surface area contributed by atoms with Crippen LogP contribution in [0.3, 0.4) is 0 Å². The van der Waals surface area contributed by atoms with Crippen molar-refractivity contribution in [2.24, 2.45) is 0 Å². The maximum atomic E-state index is 12.0.